The molecule has 0 aliphatic carbocycles. The van der Waals surface area contributed by atoms with Crippen LogP contribution in [0.25, 0.3) is 0 Å². The smallest absolute Gasteiger partial charge is 0.0631 e. The molecule has 3 rings (SSSR count). The minimum Gasteiger partial charge on any atom is -0.369 e. The van der Waals surface area contributed by atoms with Crippen LogP contribution in [0.3, 0.4) is 0 Å². The first-order chi connectivity index (χ1) is 9.92. The van der Waals surface area contributed by atoms with Gasteiger partial charge in [0.2, 0.25) is 0 Å². The van der Waals surface area contributed by atoms with E-state index < -0.39 is 0 Å². The zero-order chi connectivity index (χ0) is 13.6. The maximum atomic E-state index is 4.47. The highest BCUT2D eigenvalue weighted by Gasteiger charge is 2.09. The van der Waals surface area contributed by atoms with Crippen molar-refractivity contribution >= 4 is 17.6 Å². The third kappa shape index (κ3) is 3.22. The number of nitrogens with zero attached hydrogens (tertiary/aromatic N) is 3. The minimum atomic E-state index is 0.965. The number of anilines is 1. The molecule has 4 nitrogen and oxygen atoms in total. The molecule has 2 aromatic rings. The van der Waals surface area contributed by atoms with E-state index in [4.69, 9.17) is 0 Å². The molecular formula is C16H18N4. The van der Waals surface area contributed by atoms with E-state index in [1.807, 2.05) is 18.3 Å². The molecule has 0 unspecified atom stereocenters. The van der Waals surface area contributed by atoms with Crippen molar-refractivity contribution in [3.8, 4) is 0 Å². The van der Waals surface area contributed by atoms with E-state index in [0.29, 0.717) is 0 Å². The minimum absolute atomic E-state index is 0.965. The average Bonchev–Trinajstić information content (AvgIpc) is 2.55. The first-order valence-electron chi connectivity index (χ1n) is 6.92. The molecule has 0 bridgehead atoms. The molecule has 0 radical (unpaired) electrons. The van der Waals surface area contributed by atoms with Crippen molar-refractivity contribution in [3.05, 3.63) is 54.4 Å². The van der Waals surface area contributed by atoms with Crippen LogP contribution in [-0.2, 0) is 0 Å². The fourth-order valence-electron chi connectivity index (χ4n) is 2.27. The fourth-order valence-corrected chi connectivity index (χ4v) is 2.27. The van der Waals surface area contributed by atoms with Gasteiger partial charge in [-0.2, -0.15) is 0 Å². The molecule has 1 aliphatic heterocycles. The summed E-state index contributed by atoms with van der Waals surface area (Å²) < 4.78 is 0. The van der Waals surface area contributed by atoms with Gasteiger partial charge in [-0.25, -0.2) is 0 Å². The first kappa shape index (κ1) is 12.8. The summed E-state index contributed by atoms with van der Waals surface area (Å²) >= 11 is 0. The Kier molecular flexibility index (Phi) is 4.04. The summed E-state index contributed by atoms with van der Waals surface area (Å²) in [4.78, 5) is 10.9. The van der Waals surface area contributed by atoms with E-state index in [-0.39, 0.29) is 0 Å². The van der Waals surface area contributed by atoms with Crippen molar-refractivity contribution < 1.29 is 0 Å². The second-order valence-electron chi connectivity index (χ2n) is 4.80. The number of piperazine rings is 1. The van der Waals surface area contributed by atoms with Crippen LogP contribution in [0.15, 0.2) is 53.8 Å². The van der Waals surface area contributed by atoms with Crippen molar-refractivity contribution in [2.24, 2.45) is 4.99 Å². The van der Waals surface area contributed by atoms with E-state index in [2.05, 4.69) is 44.5 Å². The number of rotatable bonds is 3. The first-order valence-corrected chi connectivity index (χ1v) is 6.92. The normalized spacial score (nSPS) is 15.7. The number of pyridine rings is 1. The number of benzene rings is 1. The highest BCUT2D eigenvalue weighted by molar-refractivity contribution is 5.81. The van der Waals surface area contributed by atoms with Crippen LogP contribution < -0.4 is 10.2 Å². The van der Waals surface area contributed by atoms with Crippen molar-refractivity contribution in [1.82, 2.24) is 10.3 Å². The molecule has 4 heteroatoms. The maximum absolute atomic E-state index is 4.47. The van der Waals surface area contributed by atoms with Gasteiger partial charge in [-0.15, -0.1) is 0 Å². The Morgan fingerprint density at radius 3 is 2.60 bits per heavy atom. The highest BCUT2D eigenvalue weighted by atomic mass is 15.2. The molecule has 2 heterocycles. The van der Waals surface area contributed by atoms with E-state index in [1.165, 1.54) is 5.69 Å². The Hall–Kier alpha value is -2.20. The van der Waals surface area contributed by atoms with Crippen LogP contribution in [-0.4, -0.2) is 37.4 Å². The van der Waals surface area contributed by atoms with E-state index >= 15 is 0 Å². The Balaban J connectivity index is 1.68. The topological polar surface area (TPSA) is 40.5 Å². The lowest BCUT2D eigenvalue weighted by atomic mass is 10.2. The molecule has 102 valence electrons. The van der Waals surface area contributed by atoms with E-state index in [1.54, 1.807) is 12.4 Å². The second kappa shape index (κ2) is 6.30. The predicted octanol–water partition coefficient (Wildman–Crippen LogP) is 2.24. The van der Waals surface area contributed by atoms with Crippen LogP contribution in [0.4, 0.5) is 11.4 Å². The lowest BCUT2D eigenvalue weighted by Gasteiger charge is -2.29. The van der Waals surface area contributed by atoms with Crippen LogP contribution >= 0.6 is 0 Å². The third-order valence-corrected chi connectivity index (χ3v) is 3.38. The lowest BCUT2D eigenvalue weighted by molar-refractivity contribution is 0.589. The van der Waals surface area contributed by atoms with Crippen molar-refractivity contribution in [3.63, 3.8) is 0 Å². The highest BCUT2D eigenvalue weighted by Crippen LogP contribution is 2.20. The summed E-state index contributed by atoms with van der Waals surface area (Å²) in [7, 11) is 0. The van der Waals surface area contributed by atoms with Gasteiger partial charge in [-0.05, 0) is 30.3 Å². The zero-order valence-corrected chi connectivity index (χ0v) is 11.4. The summed E-state index contributed by atoms with van der Waals surface area (Å²) in [5.74, 6) is 0. The molecular weight excluding hydrogens is 248 g/mol. The van der Waals surface area contributed by atoms with Gasteiger partial charge in [0.15, 0.2) is 0 Å². The van der Waals surface area contributed by atoms with Crippen LogP contribution in [0, 0.1) is 0 Å². The number of aliphatic imine (C=N–C) groups is 1. The SMILES string of the molecule is C(=Nc1ccc(N2CCNCC2)cc1)c1cccnc1. The van der Waals surface area contributed by atoms with Gasteiger partial charge in [0.25, 0.3) is 0 Å². The summed E-state index contributed by atoms with van der Waals surface area (Å²) in [5.41, 5.74) is 3.25. The zero-order valence-electron chi connectivity index (χ0n) is 11.4. The van der Waals surface area contributed by atoms with E-state index in [0.717, 1.165) is 37.4 Å². The summed E-state index contributed by atoms with van der Waals surface area (Å²) in [6.07, 6.45) is 5.41. The van der Waals surface area contributed by atoms with Crippen LogP contribution in [0.2, 0.25) is 0 Å². The largest absolute Gasteiger partial charge is 0.369 e. The quantitative estimate of drug-likeness (QED) is 0.866. The maximum Gasteiger partial charge on any atom is 0.0631 e. The fraction of sp³-hybridized carbons (Fsp3) is 0.250. The second-order valence-corrected chi connectivity index (χ2v) is 4.80. The molecule has 1 fully saturated rings. The van der Waals surface area contributed by atoms with Gasteiger partial charge in [0.05, 0.1) is 5.69 Å². The van der Waals surface area contributed by atoms with Crippen molar-refractivity contribution in [2.75, 3.05) is 31.1 Å². The van der Waals surface area contributed by atoms with Gasteiger partial charge in [0.1, 0.15) is 0 Å². The molecule has 1 aromatic heterocycles. The molecule has 0 spiro atoms. The van der Waals surface area contributed by atoms with E-state index in [9.17, 15) is 0 Å². The van der Waals surface area contributed by atoms with Gasteiger partial charge in [-0.1, -0.05) is 6.07 Å². The standard InChI is InChI=1S/C16H18N4/c1-2-14(12-18-7-1)13-19-15-3-5-16(6-4-15)20-10-8-17-9-11-20/h1-7,12-13,17H,8-11H2. The van der Waals surface area contributed by atoms with Crippen molar-refractivity contribution in [1.29, 1.82) is 0 Å². The molecule has 0 saturated carbocycles. The monoisotopic (exact) mass is 266 g/mol. The molecule has 1 N–H and O–H groups in total. The number of nitrogens with one attached hydrogen (secondary N) is 1. The Morgan fingerprint density at radius 1 is 1.10 bits per heavy atom. The third-order valence-electron chi connectivity index (χ3n) is 3.38. The molecule has 0 amide bonds. The lowest BCUT2D eigenvalue weighted by Crippen LogP contribution is -2.43. The molecule has 1 saturated heterocycles. The average molecular weight is 266 g/mol. The van der Waals surface area contributed by atoms with Gasteiger partial charge < -0.3 is 10.2 Å². The summed E-state index contributed by atoms with van der Waals surface area (Å²) in [6, 6.07) is 12.3. The predicted molar refractivity (Wildman–Crippen MR) is 83.0 cm³/mol. The summed E-state index contributed by atoms with van der Waals surface area (Å²) in [6.45, 7) is 4.25. The van der Waals surface area contributed by atoms with Crippen molar-refractivity contribution in [2.45, 2.75) is 0 Å². The summed E-state index contributed by atoms with van der Waals surface area (Å²) in [5, 5.41) is 3.36. The Bertz CT molecular complexity index is 557. The Morgan fingerprint density at radius 2 is 1.90 bits per heavy atom. The van der Waals surface area contributed by atoms with Crippen LogP contribution in [0.1, 0.15) is 5.56 Å². The van der Waals surface area contributed by atoms with Gasteiger partial charge >= 0.3 is 0 Å². The van der Waals surface area contributed by atoms with Crippen LogP contribution in [0.5, 0.6) is 0 Å². The molecule has 1 aromatic carbocycles. The number of hydrogen-bond acceptors (Lipinski definition) is 4. The van der Waals surface area contributed by atoms with Gasteiger partial charge in [-0.3, -0.25) is 9.98 Å². The van der Waals surface area contributed by atoms with Gasteiger partial charge in [0, 0.05) is 56.0 Å². The molecule has 1 aliphatic rings. The molecule has 0 atom stereocenters. The molecule has 20 heavy (non-hydrogen) atoms. The number of hydrogen-bond donors (Lipinski definition) is 1. The number of aromatic nitrogens is 1. The Labute approximate surface area is 119 Å².